The van der Waals surface area contributed by atoms with E-state index in [9.17, 15) is 0 Å². The van der Waals surface area contributed by atoms with Crippen LogP contribution in [0.25, 0.3) is 55.2 Å². The average molecular weight is 440 g/mol. The fraction of sp³-hybridized carbons (Fsp3) is 0.156. The minimum absolute atomic E-state index is 0.239. The molecule has 0 bridgehead atoms. The van der Waals surface area contributed by atoms with Crippen LogP contribution in [0.4, 0.5) is 0 Å². The van der Waals surface area contributed by atoms with Crippen LogP contribution < -0.4 is 0 Å². The topological polar surface area (TPSA) is 26.0 Å². The highest BCUT2D eigenvalue weighted by Crippen LogP contribution is 2.51. The summed E-state index contributed by atoms with van der Waals surface area (Å²) < 4.78 is 6.71. The molecule has 1 aliphatic rings. The van der Waals surface area contributed by atoms with E-state index in [0.717, 1.165) is 39.1 Å². The van der Waals surface area contributed by atoms with E-state index in [0.29, 0.717) is 0 Å². The van der Waals surface area contributed by atoms with Crippen LogP contribution in [0, 0.1) is 13.8 Å². The Morgan fingerprint density at radius 2 is 1.50 bits per heavy atom. The number of pyridine rings is 1. The molecule has 0 saturated carbocycles. The lowest BCUT2D eigenvalue weighted by molar-refractivity contribution is 0.642. The van der Waals surface area contributed by atoms with Gasteiger partial charge in [-0.3, -0.25) is 0 Å². The number of aromatic nitrogens is 1. The summed E-state index contributed by atoms with van der Waals surface area (Å²) in [6.07, 6.45) is 0. The molecule has 2 heterocycles. The fourth-order valence-corrected chi connectivity index (χ4v) is 5.79. The first-order valence-electron chi connectivity index (χ1n) is 11.9. The van der Waals surface area contributed by atoms with Gasteiger partial charge in [-0.25, -0.2) is 4.98 Å². The number of hydrogen-bond donors (Lipinski definition) is 0. The highest BCUT2D eigenvalue weighted by atomic mass is 16.3. The molecule has 164 valence electrons. The highest BCUT2D eigenvalue weighted by Gasteiger charge is 2.35. The van der Waals surface area contributed by atoms with Crippen LogP contribution in [0.2, 0.25) is 0 Å². The zero-order chi connectivity index (χ0) is 23.2. The Labute approximate surface area is 198 Å². The Bertz CT molecular complexity index is 1790. The molecule has 4 aromatic carbocycles. The normalized spacial score (nSPS) is 14.1. The Hall–Kier alpha value is -3.91. The molecule has 7 rings (SSSR count). The molecule has 2 heteroatoms. The lowest BCUT2D eigenvalue weighted by Crippen LogP contribution is -2.20. The SMILES string of the molecule is Cc1ccc2nc3c(cc2c1)C(C)(C)c1ccc(-c2ccccc2)c2oc4c(C)ccc-3c4c12. The van der Waals surface area contributed by atoms with Crippen molar-refractivity contribution in [3.63, 3.8) is 0 Å². The third kappa shape index (κ3) is 2.48. The van der Waals surface area contributed by atoms with Crippen LogP contribution in [-0.2, 0) is 5.41 Å². The second-order valence-electron chi connectivity index (χ2n) is 10.2. The molecule has 34 heavy (non-hydrogen) atoms. The summed E-state index contributed by atoms with van der Waals surface area (Å²) in [7, 11) is 0. The van der Waals surface area contributed by atoms with E-state index in [1.165, 1.54) is 38.4 Å². The van der Waals surface area contributed by atoms with E-state index >= 15 is 0 Å². The van der Waals surface area contributed by atoms with Gasteiger partial charge < -0.3 is 4.42 Å². The number of nitrogens with zero attached hydrogens (tertiary/aromatic N) is 1. The van der Waals surface area contributed by atoms with Crippen molar-refractivity contribution in [2.45, 2.75) is 33.1 Å². The van der Waals surface area contributed by atoms with Crippen molar-refractivity contribution in [1.29, 1.82) is 0 Å². The Morgan fingerprint density at radius 1 is 0.706 bits per heavy atom. The second kappa shape index (κ2) is 6.57. The van der Waals surface area contributed by atoms with Crippen molar-refractivity contribution in [1.82, 2.24) is 4.98 Å². The quantitative estimate of drug-likeness (QED) is 0.256. The molecule has 2 nitrogen and oxygen atoms in total. The van der Waals surface area contributed by atoms with Crippen LogP contribution in [0.3, 0.4) is 0 Å². The van der Waals surface area contributed by atoms with Crippen molar-refractivity contribution in [3.05, 3.63) is 101 Å². The first-order chi connectivity index (χ1) is 16.4. The van der Waals surface area contributed by atoms with Crippen LogP contribution in [0.15, 0.2) is 83.3 Å². The average Bonchev–Trinajstić information content (AvgIpc) is 3.22. The summed E-state index contributed by atoms with van der Waals surface area (Å²) in [6.45, 7) is 8.92. The third-order valence-corrected chi connectivity index (χ3v) is 7.62. The maximum Gasteiger partial charge on any atom is 0.143 e. The van der Waals surface area contributed by atoms with Gasteiger partial charge in [0.15, 0.2) is 0 Å². The van der Waals surface area contributed by atoms with Crippen molar-refractivity contribution < 1.29 is 4.42 Å². The molecule has 0 unspecified atom stereocenters. The summed E-state index contributed by atoms with van der Waals surface area (Å²) in [5, 5.41) is 3.60. The van der Waals surface area contributed by atoms with Crippen molar-refractivity contribution in [3.8, 4) is 22.4 Å². The zero-order valence-electron chi connectivity index (χ0n) is 19.9. The molecule has 0 N–H and O–H groups in total. The number of benzene rings is 4. The summed E-state index contributed by atoms with van der Waals surface area (Å²) in [6, 6.07) is 28.4. The van der Waals surface area contributed by atoms with Gasteiger partial charge >= 0.3 is 0 Å². The second-order valence-corrected chi connectivity index (χ2v) is 10.2. The molecule has 2 aromatic heterocycles. The Morgan fingerprint density at radius 3 is 2.32 bits per heavy atom. The van der Waals surface area contributed by atoms with Gasteiger partial charge in [0.2, 0.25) is 0 Å². The first kappa shape index (κ1) is 19.5. The van der Waals surface area contributed by atoms with Gasteiger partial charge in [0.05, 0.1) is 11.2 Å². The van der Waals surface area contributed by atoms with E-state index in [1.54, 1.807) is 0 Å². The van der Waals surface area contributed by atoms with E-state index < -0.39 is 0 Å². The van der Waals surface area contributed by atoms with E-state index in [4.69, 9.17) is 9.40 Å². The minimum atomic E-state index is -0.239. The molecule has 1 aliphatic carbocycles. The lowest BCUT2D eigenvalue weighted by Gasteiger charge is -2.28. The van der Waals surface area contributed by atoms with Crippen molar-refractivity contribution in [2.24, 2.45) is 0 Å². The van der Waals surface area contributed by atoms with Gasteiger partial charge in [0, 0.05) is 32.7 Å². The predicted molar refractivity (Wildman–Crippen MR) is 141 cm³/mol. The number of hydrogen-bond acceptors (Lipinski definition) is 2. The van der Waals surface area contributed by atoms with Gasteiger partial charge in [0.25, 0.3) is 0 Å². The zero-order valence-corrected chi connectivity index (χ0v) is 19.9. The lowest BCUT2D eigenvalue weighted by atomic mass is 9.76. The van der Waals surface area contributed by atoms with E-state index in [-0.39, 0.29) is 5.41 Å². The molecule has 0 radical (unpaired) electrons. The monoisotopic (exact) mass is 439 g/mol. The first-order valence-corrected chi connectivity index (χ1v) is 11.9. The summed E-state index contributed by atoms with van der Waals surface area (Å²) >= 11 is 0. The Kier molecular flexibility index (Phi) is 3.78. The number of aryl methyl sites for hydroxylation is 2. The van der Waals surface area contributed by atoms with Crippen LogP contribution in [0.1, 0.15) is 36.1 Å². The Balaban J connectivity index is 1.70. The van der Waals surface area contributed by atoms with Crippen molar-refractivity contribution >= 4 is 32.8 Å². The van der Waals surface area contributed by atoms with Gasteiger partial charge in [-0.15, -0.1) is 0 Å². The van der Waals surface area contributed by atoms with E-state index in [2.05, 4.69) is 107 Å². The molecule has 0 aliphatic heterocycles. The van der Waals surface area contributed by atoms with Gasteiger partial charge in [-0.05, 0) is 54.3 Å². The summed E-state index contributed by atoms with van der Waals surface area (Å²) in [4.78, 5) is 5.26. The summed E-state index contributed by atoms with van der Waals surface area (Å²) in [5.74, 6) is 0. The van der Waals surface area contributed by atoms with Gasteiger partial charge in [-0.2, -0.15) is 0 Å². The van der Waals surface area contributed by atoms with Crippen LogP contribution in [0.5, 0.6) is 0 Å². The molecule has 6 aromatic rings. The molecule has 0 saturated heterocycles. The standard InChI is InChI=1S/C32H25NO/c1-18-10-15-26-21(16-18)17-25-29(33-26)23-12-11-19(2)30-27(23)28-24(32(25,3)4)14-13-22(31(28)34-30)20-8-6-5-7-9-20/h5-17H,1-4H3. The predicted octanol–water partition coefficient (Wildman–Crippen LogP) is 8.72. The smallest absolute Gasteiger partial charge is 0.143 e. The van der Waals surface area contributed by atoms with Gasteiger partial charge in [0.1, 0.15) is 11.2 Å². The molecular formula is C32H25NO. The maximum absolute atomic E-state index is 6.71. The molecule has 0 atom stereocenters. The van der Waals surface area contributed by atoms with E-state index in [1.807, 2.05) is 0 Å². The molecule has 0 spiro atoms. The molecular weight excluding hydrogens is 414 g/mol. The largest absolute Gasteiger partial charge is 0.455 e. The summed E-state index contributed by atoms with van der Waals surface area (Å²) in [5.41, 5.74) is 12.2. The van der Waals surface area contributed by atoms with Crippen LogP contribution >= 0.6 is 0 Å². The maximum atomic E-state index is 6.71. The third-order valence-electron chi connectivity index (χ3n) is 7.62. The van der Waals surface area contributed by atoms with Crippen LogP contribution in [-0.4, -0.2) is 4.98 Å². The van der Waals surface area contributed by atoms with Crippen molar-refractivity contribution in [2.75, 3.05) is 0 Å². The fourth-order valence-electron chi connectivity index (χ4n) is 5.79. The molecule has 0 amide bonds. The number of fused-ring (bicyclic) bond motifs is 3. The minimum Gasteiger partial charge on any atom is -0.455 e. The number of furan rings is 1. The van der Waals surface area contributed by atoms with Gasteiger partial charge in [-0.1, -0.05) is 80.1 Å². The molecule has 0 fully saturated rings. The number of rotatable bonds is 1. The highest BCUT2D eigenvalue weighted by molar-refractivity contribution is 6.19.